The van der Waals surface area contributed by atoms with Gasteiger partial charge in [0.25, 0.3) is 0 Å². The van der Waals surface area contributed by atoms with E-state index in [4.69, 9.17) is 0 Å². The third-order valence-electron chi connectivity index (χ3n) is 3.17. The zero-order valence-electron chi connectivity index (χ0n) is 12.6. The van der Waals surface area contributed by atoms with Gasteiger partial charge in [-0.15, -0.1) is 0 Å². The van der Waals surface area contributed by atoms with Gasteiger partial charge in [-0.2, -0.15) is 0 Å². The maximum absolute atomic E-state index is 12.1. The van der Waals surface area contributed by atoms with Crippen molar-refractivity contribution in [1.29, 1.82) is 0 Å². The Morgan fingerprint density at radius 2 is 0.882 bits per heavy atom. The molecule has 104 valence electrons. The summed E-state index contributed by atoms with van der Waals surface area (Å²) in [5, 5.41) is -1.57. The summed E-state index contributed by atoms with van der Waals surface area (Å²) in [5.41, 5.74) is 0. The van der Waals surface area contributed by atoms with Crippen molar-refractivity contribution in [2.24, 2.45) is 0 Å². The van der Waals surface area contributed by atoms with Gasteiger partial charge in [-0.1, -0.05) is 0 Å². The van der Waals surface area contributed by atoms with E-state index in [1.54, 1.807) is 0 Å². The fraction of sp³-hybridized carbons (Fsp3) is 1.00. The molecule has 0 spiro atoms. The highest BCUT2D eigenvalue weighted by molar-refractivity contribution is 8.56. The van der Waals surface area contributed by atoms with Crippen LogP contribution in [-0.4, -0.2) is 28.4 Å². The van der Waals surface area contributed by atoms with E-state index in [0.717, 1.165) is 0 Å². The summed E-state index contributed by atoms with van der Waals surface area (Å²) in [4.78, 5) is 0. The van der Waals surface area contributed by atoms with Crippen molar-refractivity contribution in [3.8, 4) is 0 Å². The molecule has 3 nitrogen and oxygen atoms in total. The number of rotatable bonds is 1. The van der Waals surface area contributed by atoms with Crippen molar-refractivity contribution in [3.63, 3.8) is 0 Å². The molecule has 0 aromatic rings. The molecule has 0 atom stereocenters. The van der Waals surface area contributed by atoms with Crippen LogP contribution in [-0.2, 0) is 9.74 Å². The van der Waals surface area contributed by atoms with E-state index >= 15 is 0 Å². The molecule has 5 heteroatoms. The van der Waals surface area contributed by atoms with Gasteiger partial charge in [0, 0.05) is 0 Å². The van der Waals surface area contributed by atoms with Gasteiger partial charge in [0.05, 0.1) is 15.5 Å². The van der Waals surface area contributed by atoms with E-state index in [0.29, 0.717) is 0 Å². The topological polar surface area (TPSA) is 57.2 Å². The van der Waals surface area contributed by atoms with E-state index in [2.05, 4.69) is 0 Å². The van der Waals surface area contributed by atoms with Crippen LogP contribution >= 0.6 is 6.46 Å². The Hall–Kier alpha value is 0.340. The minimum absolute atomic E-state index is 0.524. The van der Waals surface area contributed by atoms with Gasteiger partial charge in [-0.05, 0) is 62.3 Å². The molecule has 0 fully saturated rings. The molecule has 0 N–H and O–H groups in total. The van der Waals surface area contributed by atoms with Crippen LogP contribution in [0.2, 0.25) is 0 Å². The zero-order chi connectivity index (χ0) is 14.5. The van der Waals surface area contributed by atoms with Crippen molar-refractivity contribution in [3.05, 3.63) is 0 Å². The second kappa shape index (κ2) is 4.18. The molecule has 0 bridgehead atoms. The molecule has 0 unspecified atom stereocenters. The lowest BCUT2D eigenvalue weighted by molar-refractivity contribution is 0.473. The minimum Gasteiger partial charge on any atom is -0.717 e. The normalized spacial score (nSPS) is 16.1. The van der Waals surface area contributed by atoms with Gasteiger partial charge in [0.1, 0.15) is 6.46 Å². The van der Waals surface area contributed by atoms with E-state index in [-0.39, 0.29) is 0 Å². The van der Waals surface area contributed by atoms with E-state index in [1.807, 2.05) is 62.3 Å². The Balaban J connectivity index is 6.60. The van der Waals surface area contributed by atoms with Crippen LogP contribution in [0.1, 0.15) is 62.3 Å². The summed E-state index contributed by atoms with van der Waals surface area (Å²) in [7, 11) is -4.34. The maximum Gasteiger partial charge on any atom is 0.214 e. The standard InChI is InChI=1S/C12H27O3PS/c1-10(2,3)16(11(4,5)6,12(7,8)9)17(13,14)15/h1-9H3. The second-order valence-corrected chi connectivity index (χ2v) is 16.6. The Labute approximate surface area is 107 Å². The molecule has 0 aromatic heterocycles. The summed E-state index contributed by atoms with van der Waals surface area (Å²) in [6.07, 6.45) is 0. The molecule has 17 heavy (non-hydrogen) atoms. The maximum atomic E-state index is 12.1. The Morgan fingerprint density at radius 3 is 0.882 bits per heavy atom. The lowest BCUT2D eigenvalue weighted by Gasteiger charge is -2.53. The van der Waals surface area contributed by atoms with Crippen LogP contribution in [0.25, 0.3) is 0 Å². The van der Waals surface area contributed by atoms with Crippen LogP contribution in [0.15, 0.2) is 0 Å². The first-order chi connectivity index (χ1) is 7.00. The molecule has 0 rings (SSSR count). The van der Waals surface area contributed by atoms with Gasteiger partial charge in [0.2, 0.25) is 9.74 Å². The summed E-state index contributed by atoms with van der Waals surface area (Å²) >= 11 is 0. The molecule has 0 aliphatic heterocycles. The summed E-state index contributed by atoms with van der Waals surface area (Å²) in [5.74, 6) is 0. The van der Waals surface area contributed by atoms with Crippen molar-refractivity contribution >= 4 is 16.2 Å². The first-order valence-corrected chi connectivity index (χ1v) is 9.66. The Morgan fingerprint density at radius 1 is 0.706 bits per heavy atom. The molecule has 0 amide bonds. The fourth-order valence-electron chi connectivity index (χ4n) is 4.02. The molecule has 0 saturated heterocycles. The van der Waals surface area contributed by atoms with Gasteiger partial charge >= 0.3 is 0 Å². The number of hydrogen-bond acceptors (Lipinski definition) is 3. The Kier molecular flexibility index (Phi) is 4.26. The molecule has 0 radical (unpaired) electrons. The third-order valence-corrected chi connectivity index (χ3v) is 16.5. The second-order valence-electron chi connectivity index (χ2n) is 7.55. The molecule has 0 aromatic carbocycles. The lowest BCUT2D eigenvalue weighted by Crippen LogP contribution is -2.47. The smallest absolute Gasteiger partial charge is 0.214 e. The molecule has 0 saturated carbocycles. The molecular formula is C12H27O3PS. The van der Waals surface area contributed by atoms with Crippen LogP contribution in [0, 0.1) is 0 Å². The predicted molar refractivity (Wildman–Crippen MR) is 75.9 cm³/mol. The Bertz CT molecular complexity index is 341. The lowest BCUT2D eigenvalue weighted by atomic mass is 10.2. The first kappa shape index (κ1) is 17.3. The highest BCUT2D eigenvalue weighted by Crippen LogP contribution is 2.86. The highest BCUT2D eigenvalue weighted by atomic mass is 32.8. The van der Waals surface area contributed by atoms with Crippen molar-refractivity contribution in [2.45, 2.75) is 77.8 Å². The van der Waals surface area contributed by atoms with E-state index in [9.17, 15) is 13.0 Å². The van der Waals surface area contributed by atoms with Gasteiger partial charge < -0.3 is 4.55 Å². The quantitative estimate of drug-likeness (QED) is 0.542. The average Bonchev–Trinajstić information content (AvgIpc) is 1.67. The third kappa shape index (κ3) is 2.54. The van der Waals surface area contributed by atoms with Gasteiger partial charge in [0.15, 0.2) is 0 Å². The largest absolute Gasteiger partial charge is 0.717 e. The summed E-state index contributed by atoms with van der Waals surface area (Å²) < 4.78 is 36.3. The molecule has 0 aliphatic rings. The highest BCUT2D eigenvalue weighted by Gasteiger charge is 2.70. The van der Waals surface area contributed by atoms with Crippen molar-refractivity contribution < 1.29 is 13.0 Å². The van der Waals surface area contributed by atoms with Crippen LogP contribution in [0.4, 0.5) is 0 Å². The van der Waals surface area contributed by atoms with Crippen LogP contribution in [0.5, 0.6) is 0 Å². The van der Waals surface area contributed by atoms with E-state index < -0.39 is 31.7 Å². The van der Waals surface area contributed by atoms with Crippen LogP contribution in [0.3, 0.4) is 0 Å². The predicted octanol–water partition coefficient (Wildman–Crippen LogP) is 3.86. The monoisotopic (exact) mass is 282 g/mol. The minimum atomic E-state index is -4.34. The average molecular weight is 282 g/mol. The first-order valence-electron chi connectivity index (χ1n) is 5.85. The van der Waals surface area contributed by atoms with Gasteiger partial charge in [-0.25, -0.2) is 8.42 Å². The fourth-order valence-corrected chi connectivity index (χ4v) is 18.1. The zero-order valence-corrected chi connectivity index (χ0v) is 14.3. The van der Waals surface area contributed by atoms with Crippen LogP contribution < -0.4 is 0 Å². The van der Waals surface area contributed by atoms with Crippen molar-refractivity contribution in [2.75, 3.05) is 0 Å². The van der Waals surface area contributed by atoms with Gasteiger partial charge in [-0.3, -0.25) is 0 Å². The SMILES string of the molecule is CC(C)(C)[P+](C(C)(C)C)(C(C)(C)C)S(=O)(=O)[O-]. The molecule has 0 heterocycles. The number of hydrogen-bond donors (Lipinski definition) is 0. The van der Waals surface area contributed by atoms with E-state index in [1.165, 1.54) is 0 Å². The molecule has 0 aliphatic carbocycles. The summed E-state index contributed by atoms with van der Waals surface area (Å²) in [6.45, 7) is 14.1. The summed E-state index contributed by atoms with van der Waals surface area (Å²) in [6, 6.07) is 0. The van der Waals surface area contributed by atoms with Crippen molar-refractivity contribution in [1.82, 2.24) is 0 Å². The molecular weight excluding hydrogens is 255 g/mol.